The molecule has 0 amide bonds. The number of halogens is 1. The summed E-state index contributed by atoms with van der Waals surface area (Å²) in [5, 5.41) is 0. The van der Waals surface area contributed by atoms with E-state index in [9.17, 15) is 0 Å². The van der Waals surface area contributed by atoms with Crippen molar-refractivity contribution in [3.63, 3.8) is 0 Å². The Bertz CT molecular complexity index is 434. The Morgan fingerprint density at radius 2 is 1.94 bits per heavy atom. The van der Waals surface area contributed by atoms with E-state index in [0.717, 1.165) is 13.1 Å². The van der Waals surface area contributed by atoms with Crippen molar-refractivity contribution in [3.05, 3.63) is 33.8 Å². The SMILES string of the molecule is NCC1(c2ccc(CN3CCCC3)c(Br)c2)CC1. The van der Waals surface area contributed by atoms with Gasteiger partial charge in [0.15, 0.2) is 0 Å². The van der Waals surface area contributed by atoms with Crippen molar-refractivity contribution in [1.82, 2.24) is 4.90 Å². The second-order valence-electron chi connectivity index (χ2n) is 5.77. The molecule has 2 N–H and O–H groups in total. The molecule has 18 heavy (non-hydrogen) atoms. The van der Waals surface area contributed by atoms with Crippen molar-refractivity contribution in [2.75, 3.05) is 19.6 Å². The van der Waals surface area contributed by atoms with Crippen LogP contribution in [0.25, 0.3) is 0 Å². The summed E-state index contributed by atoms with van der Waals surface area (Å²) < 4.78 is 1.26. The van der Waals surface area contributed by atoms with E-state index in [1.54, 1.807) is 0 Å². The lowest BCUT2D eigenvalue weighted by atomic mass is 9.95. The number of rotatable bonds is 4. The van der Waals surface area contributed by atoms with Gasteiger partial charge in [0.2, 0.25) is 0 Å². The van der Waals surface area contributed by atoms with E-state index in [1.807, 2.05) is 0 Å². The highest BCUT2D eigenvalue weighted by Crippen LogP contribution is 2.47. The van der Waals surface area contributed by atoms with Crippen LogP contribution in [0.2, 0.25) is 0 Å². The summed E-state index contributed by atoms with van der Waals surface area (Å²) in [5.41, 5.74) is 9.03. The Morgan fingerprint density at radius 3 is 2.50 bits per heavy atom. The number of benzene rings is 1. The summed E-state index contributed by atoms with van der Waals surface area (Å²) in [6.45, 7) is 4.36. The lowest BCUT2D eigenvalue weighted by Gasteiger charge is -2.18. The van der Waals surface area contributed by atoms with Crippen LogP contribution in [0.3, 0.4) is 0 Å². The van der Waals surface area contributed by atoms with E-state index in [2.05, 4.69) is 39.0 Å². The summed E-state index contributed by atoms with van der Waals surface area (Å²) in [6.07, 6.45) is 5.21. The molecule has 1 heterocycles. The van der Waals surface area contributed by atoms with E-state index in [-0.39, 0.29) is 0 Å². The molecule has 2 fully saturated rings. The second-order valence-corrected chi connectivity index (χ2v) is 6.63. The van der Waals surface area contributed by atoms with Crippen molar-refractivity contribution in [2.24, 2.45) is 5.73 Å². The van der Waals surface area contributed by atoms with E-state index >= 15 is 0 Å². The fourth-order valence-electron chi connectivity index (χ4n) is 2.95. The Labute approximate surface area is 118 Å². The molecule has 3 heteroatoms. The Balaban J connectivity index is 1.76. The first-order valence-electron chi connectivity index (χ1n) is 6.95. The van der Waals surface area contributed by atoms with Crippen LogP contribution >= 0.6 is 15.9 Å². The first kappa shape index (κ1) is 12.6. The Kier molecular flexibility index (Phi) is 3.48. The van der Waals surface area contributed by atoms with Crippen LogP contribution in [0.1, 0.15) is 36.8 Å². The normalized spacial score (nSPS) is 22.3. The maximum atomic E-state index is 5.90. The van der Waals surface area contributed by atoms with Gasteiger partial charge in [0.1, 0.15) is 0 Å². The summed E-state index contributed by atoms with van der Waals surface area (Å²) in [6, 6.07) is 6.87. The van der Waals surface area contributed by atoms with Gasteiger partial charge in [-0.05, 0) is 56.0 Å². The minimum Gasteiger partial charge on any atom is -0.330 e. The van der Waals surface area contributed by atoms with Crippen molar-refractivity contribution in [1.29, 1.82) is 0 Å². The molecule has 3 rings (SSSR count). The molecule has 2 nitrogen and oxygen atoms in total. The molecule has 0 aromatic heterocycles. The first-order chi connectivity index (χ1) is 8.73. The topological polar surface area (TPSA) is 29.3 Å². The molecule has 2 aliphatic rings. The molecule has 0 spiro atoms. The van der Waals surface area contributed by atoms with Crippen LogP contribution in [0.4, 0.5) is 0 Å². The molecule has 0 unspecified atom stereocenters. The lowest BCUT2D eigenvalue weighted by molar-refractivity contribution is 0.331. The molecule has 1 aliphatic carbocycles. The zero-order chi connectivity index (χ0) is 12.6. The molecular weight excluding hydrogens is 288 g/mol. The van der Waals surface area contributed by atoms with Crippen LogP contribution in [-0.2, 0) is 12.0 Å². The largest absolute Gasteiger partial charge is 0.330 e. The molecule has 1 aromatic rings. The average molecular weight is 309 g/mol. The van der Waals surface area contributed by atoms with Crippen LogP contribution in [-0.4, -0.2) is 24.5 Å². The van der Waals surface area contributed by atoms with Gasteiger partial charge in [-0.3, -0.25) is 4.90 Å². The maximum absolute atomic E-state index is 5.90. The van der Waals surface area contributed by atoms with Crippen LogP contribution in [0.15, 0.2) is 22.7 Å². The summed E-state index contributed by atoms with van der Waals surface area (Å²) >= 11 is 3.74. The quantitative estimate of drug-likeness (QED) is 0.926. The maximum Gasteiger partial charge on any atom is 0.0244 e. The highest BCUT2D eigenvalue weighted by Gasteiger charge is 2.42. The lowest BCUT2D eigenvalue weighted by Crippen LogP contribution is -2.21. The Hall–Kier alpha value is -0.380. The molecule has 0 bridgehead atoms. The first-order valence-corrected chi connectivity index (χ1v) is 7.74. The predicted octanol–water partition coefficient (Wildman–Crippen LogP) is 3.04. The zero-order valence-corrected chi connectivity index (χ0v) is 12.4. The third kappa shape index (κ3) is 2.36. The Morgan fingerprint density at radius 1 is 1.22 bits per heavy atom. The van der Waals surface area contributed by atoms with Crippen molar-refractivity contribution in [2.45, 2.75) is 37.6 Å². The average Bonchev–Trinajstić information content (AvgIpc) is 3.02. The van der Waals surface area contributed by atoms with Crippen molar-refractivity contribution < 1.29 is 0 Å². The van der Waals surface area contributed by atoms with E-state index < -0.39 is 0 Å². The molecule has 0 radical (unpaired) electrons. The summed E-state index contributed by atoms with van der Waals surface area (Å²) in [4.78, 5) is 2.54. The third-order valence-corrected chi connectivity index (χ3v) is 5.24. The number of nitrogens with two attached hydrogens (primary N) is 1. The zero-order valence-electron chi connectivity index (χ0n) is 10.8. The second kappa shape index (κ2) is 4.95. The molecule has 1 aliphatic heterocycles. The number of hydrogen-bond acceptors (Lipinski definition) is 2. The van der Waals surface area contributed by atoms with E-state index in [4.69, 9.17) is 5.73 Å². The highest BCUT2D eigenvalue weighted by atomic mass is 79.9. The molecule has 0 atom stereocenters. The van der Waals surface area contributed by atoms with Crippen LogP contribution in [0.5, 0.6) is 0 Å². The number of nitrogens with zero attached hydrogens (tertiary/aromatic N) is 1. The van der Waals surface area contributed by atoms with Gasteiger partial charge in [0.25, 0.3) is 0 Å². The molecule has 1 saturated heterocycles. The standard InChI is InChI=1S/C15H21BrN2/c16-14-9-13(15(11-17)5-6-15)4-3-12(14)10-18-7-1-2-8-18/h3-4,9H,1-2,5-8,10-11,17H2. The predicted molar refractivity (Wildman–Crippen MR) is 78.6 cm³/mol. The van der Waals surface area contributed by atoms with Crippen molar-refractivity contribution >= 4 is 15.9 Å². The fraction of sp³-hybridized carbons (Fsp3) is 0.600. The minimum absolute atomic E-state index is 0.300. The third-order valence-electron chi connectivity index (χ3n) is 4.50. The van der Waals surface area contributed by atoms with Gasteiger partial charge in [-0.1, -0.05) is 28.1 Å². The van der Waals surface area contributed by atoms with Gasteiger partial charge >= 0.3 is 0 Å². The number of hydrogen-bond donors (Lipinski definition) is 1. The highest BCUT2D eigenvalue weighted by molar-refractivity contribution is 9.10. The number of likely N-dealkylation sites (tertiary alicyclic amines) is 1. The molecule has 1 saturated carbocycles. The van der Waals surface area contributed by atoms with E-state index in [0.29, 0.717) is 5.41 Å². The molecule has 98 valence electrons. The van der Waals surface area contributed by atoms with Gasteiger partial charge in [-0.25, -0.2) is 0 Å². The van der Waals surface area contributed by atoms with Gasteiger partial charge in [0, 0.05) is 23.0 Å². The van der Waals surface area contributed by atoms with Gasteiger partial charge in [-0.15, -0.1) is 0 Å². The molecule has 1 aromatic carbocycles. The minimum atomic E-state index is 0.300. The molecular formula is C15H21BrN2. The van der Waals surface area contributed by atoms with Crippen molar-refractivity contribution in [3.8, 4) is 0 Å². The van der Waals surface area contributed by atoms with Gasteiger partial charge < -0.3 is 5.73 Å². The smallest absolute Gasteiger partial charge is 0.0244 e. The van der Waals surface area contributed by atoms with Gasteiger partial charge in [-0.2, -0.15) is 0 Å². The fourth-order valence-corrected chi connectivity index (χ4v) is 3.45. The van der Waals surface area contributed by atoms with Gasteiger partial charge in [0.05, 0.1) is 0 Å². The van der Waals surface area contributed by atoms with Crippen LogP contribution < -0.4 is 5.73 Å². The van der Waals surface area contributed by atoms with Crippen LogP contribution in [0, 0.1) is 0 Å². The summed E-state index contributed by atoms with van der Waals surface area (Å²) in [5.74, 6) is 0. The summed E-state index contributed by atoms with van der Waals surface area (Å²) in [7, 11) is 0. The van der Waals surface area contributed by atoms with E-state index in [1.165, 1.54) is 54.4 Å². The monoisotopic (exact) mass is 308 g/mol.